The average molecular weight is 420 g/mol. The van der Waals surface area contributed by atoms with E-state index in [2.05, 4.69) is 10.0 Å². The Labute approximate surface area is 166 Å². The molecule has 146 valence electrons. The highest BCUT2D eigenvalue weighted by molar-refractivity contribution is 8.15. The molecule has 0 aromatic heterocycles. The quantitative estimate of drug-likeness (QED) is 0.746. The van der Waals surface area contributed by atoms with Gasteiger partial charge in [0.15, 0.2) is 0 Å². The minimum Gasteiger partial charge on any atom is -0.286 e. The molecule has 1 heterocycles. The Bertz CT molecular complexity index is 1050. The number of thioether (sulfide) groups is 1. The van der Waals surface area contributed by atoms with Crippen molar-refractivity contribution in [3.05, 3.63) is 65.5 Å². The molecule has 0 spiro atoms. The maximum absolute atomic E-state index is 13.1. The fraction of sp³-hybridized carbons (Fsp3) is 0.158. The molecule has 9 heteroatoms. The maximum Gasteiger partial charge on any atom is 0.286 e. The van der Waals surface area contributed by atoms with E-state index in [1.54, 1.807) is 37.3 Å². The number of sulfonamides is 1. The van der Waals surface area contributed by atoms with E-state index in [1.807, 2.05) is 0 Å². The van der Waals surface area contributed by atoms with Gasteiger partial charge >= 0.3 is 0 Å². The van der Waals surface area contributed by atoms with Crippen molar-refractivity contribution in [3.63, 3.8) is 0 Å². The summed E-state index contributed by atoms with van der Waals surface area (Å²) in [7, 11) is -3.92. The van der Waals surface area contributed by atoms with Crippen molar-refractivity contribution in [1.29, 1.82) is 0 Å². The summed E-state index contributed by atoms with van der Waals surface area (Å²) in [5.41, 5.74) is 1.65. The van der Waals surface area contributed by atoms with Crippen LogP contribution in [0.5, 0.6) is 0 Å². The van der Waals surface area contributed by atoms with E-state index in [-0.39, 0.29) is 17.2 Å². The molecule has 3 rings (SSSR count). The zero-order valence-corrected chi connectivity index (χ0v) is 16.4. The van der Waals surface area contributed by atoms with Crippen molar-refractivity contribution in [2.45, 2.75) is 23.5 Å². The second kappa shape index (κ2) is 8.15. The number of anilines is 1. The Morgan fingerprint density at radius 3 is 2.50 bits per heavy atom. The van der Waals surface area contributed by atoms with Crippen molar-refractivity contribution < 1.29 is 22.4 Å². The van der Waals surface area contributed by atoms with E-state index in [9.17, 15) is 22.4 Å². The molecule has 1 saturated heterocycles. The molecular formula is C19H17FN2O4S2. The third-order valence-electron chi connectivity index (χ3n) is 4.07. The van der Waals surface area contributed by atoms with Gasteiger partial charge in [-0.05, 0) is 49.2 Å². The summed E-state index contributed by atoms with van der Waals surface area (Å²) in [6.07, 6.45) is 3.76. The average Bonchev–Trinajstić information content (AvgIpc) is 2.95. The molecule has 0 bridgehead atoms. The molecule has 1 aliphatic heterocycles. The molecule has 1 fully saturated rings. The number of hydrogen-bond acceptors (Lipinski definition) is 5. The predicted octanol–water partition coefficient (Wildman–Crippen LogP) is 3.55. The third-order valence-corrected chi connectivity index (χ3v) is 6.43. The van der Waals surface area contributed by atoms with Crippen LogP contribution in [0.2, 0.25) is 0 Å². The first-order valence-corrected chi connectivity index (χ1v) is 10.7. The SMILES string of the molecule is C/C=C\c1c(CC2SC(=O)NC2=O)cccc1NS(=O)(=O)c1ccc(F)cc1. The van der Waals surface area contributed by atoms with Gasteiger partial charge in [0, 0.05) is 5.56 Å². The largest absolute Gasteiger partial charge is 0.286 e. The maximum atomic E-state index is 13.1. The fourth-order valence-electron chi connectivity index (χ4n) is 2.79. The van der Waals surface area contributed by atoms with Crippen LogP contribution in [-0.4, -0.2) is 24.8 Å². The first-order valence-electron chi connectivity index (χ1n) is 8.34. The van der Waals surface area contributed by atoms with E-state index >= 15 is 0 Å². The van der Waals surface area contributed by atoms with Crippen LogP contribution in [0.15, 0.2) is 53.4 Å². The van der Waals surface area contributed by atoms with Gasteiger partial charge in [-0.2, -0.15) is 0 Å². The van der Waals surface area contributed by atoms with Crippen molar-refractivity contribution in [1.82, 2.24) is 5.32 Å². The second-order valence-electron chi connectivity index (χ2n) is 6.03. The van der Waals surface area contributed by atoms with E-state index in [4.69, 9.17) is 0 Å². The standard InChI is InChI=1S/C19H17FN2O4S2/c1-2-4-15-12(11-17-18(23)21-19(24)27-17)5-3-6-16(15)22-28(25,26)14-9-7-13(20)8-10-14/h2-10,17,22H,11H2,1H3,(H,21,23,24)/b4-2-. The molecular weight excluding hydrogens is 403 g/mol. The zero-order chi connectivity index (χ0) is 20.3. The zero-order valence-electron chi connectivity index (χ0n) is 14.8. The van der Waals surface area contributed by atoms with Crippen LogP contribution >= 0.6 is 11.8 Å². The van der Waals surface area contributed by atoms with Crippen molar-refractivity contribution in [3.8, 4) is 0 Å². The van der Waals surface area contributed by atoms with Gasteiger partial charge in [-0.25, -0.2) is 12.8 Å². The number of hydrogen-bond donors (Lipinski definition) is 2. The van der Waals surface area contributed by atoms with Crippen molar-refractivity contribution >= 4 is 44.7 Å². The van der Waals surface area contributed by atoms with E-state index in [0.29, 0.717) is 11.3 Å². The number of amides is 2. The van der Waals surface area contributed by atoms with Gasteiger partial charge in [-0.1, -0.05) is 36.0 Å². The van der Waals surface area contributed by atoms with Crippen LogP contribution in [0.3, 0.4) is 0 Å². The Kier molecular flexibility index (Phi) is 5.85. The van der Waals surface area contributed by atoms with Crippen molar-refractivity contribution in [2.75, 3.05) is 4.72 Å². The topological polar surface area (TPSA) is 92.3 Å². The highest BCUT2D eigenvalue weighted by atomic mass is 32.2. The van der Waals surface area contributed by atoms with Gasteiger partial charge in [-0.3, -0.25) is 19.6 Å². The Morgan fingerprint density at radius 1 is 1.18 bits per heavy atom. The summed E-state index contributed by atoms with van der Waals surface area (Å²) in [5, 5.41) is 1.28. The number of carbonyl (C=O) groups excluding carboxylic acids is 2. The van der Waals surface area contributed by atoms with Crippen LogP contribution in [0.4, 0.5) is 14.9 Å². The normalized spacial score (nSPS) is 17.1. The van der Waals surface area contributed by atoms with Gasteiger partial charge in [0.1, 0.15) is 5.82 Å². The van der Waals surface area contributed by atoms with Crippen LogP contribution < -0.4 is 10.0 Å². The molecule has 1 atom stereocenters. The number of carbonyl (C=O) groups is 2. The number of nitrogens with one attached hydrogen (secondary N) is 2. The number of imide groups is 1. The highest BCUT2D eigenvalue weighted by Crippen LogP contribution is 2.29. The molecule has 0 saturated carbocycles. The predicted molar refractivity (Wildman–Crippen MR) is 107 cm³/mol. The Balaban J connectivity index is 1.94. The summed E-state index contributed by atoms with van der Waals surface area (Å²) in [6.45, 7) is 1.79. The molecule has 0 radical (unpaired) electrons. The molecule has 1 aliphatic rings. The van der Waals surface area contributed by atoms with Crippen LogP contribution in [-0.2, 0) is 21.2 Å². The van der Waals surface area contributed by atoms with Crippen LogP contribution in [0.25, 0.3) is 6.08 Å². The van der Waals surface area contributed by atoms with Gasteiger partial charge in [-0.15, -0.1) is 0 Å². The minimum atomic E-state index is -3.92. The fourth-order valence-corrected chi connectivity index (χ4v) is 4.71. The summed E-state index contributed by atoms with van der Waals surface area (Å²) in [5.74, 6) is -0.892. The molecule has 2 aromatic carbocycles. The Morgan fingerprint density at radius 2 is 1.89 bits per heavy atom. The lowest BCUT2D eigenvalue weighted by molar-refractivity contribution is -0.118. The van der Waals surface area contributed by atoms with Crippen molar-refractivity contribution in [2.24, 2.45) is 0 Å². The molecule has 0 aliphatic carbocycles. The highest BCUT2D eigenvalue weighted by Gasteiger charge is 2.32. The van der Waals surface area contributed by atoms with Crippen LogP contribution in [0, 0.1) is 5.82 Å². The molecule has 28 heavy (non-hydrogen) atoms. The summed E-state index contributed by atoms with van der Waals surface area (Å²) >= 11 is 0.915. The smallest absolute Gasteiger partial charge is 0.286 e. The lowest BCUT2D eigenvalue weighted by Gasteiger charge is -2.15. The summed E-state index contributed by atoms with van der Waals surface area (Å²) in [6, 6.07) is 9.57. The lowest BCUT2D eigenvalue weighted by Crippen LogP contribution is -2.25. The van der Waals surface area contributed by atoms with E-state index < -0.39 is 26.3 Å². The van der Waals surface area contributed by atoms with E-state index in [1.165, 1.54) is 12.1 Å². The number of rotatable bonds is 6. The lowest BCUT2D eigenvalue weighted by atomic mass is 10.0. The third kappa shape index (κ3) is 4.42. The monoisotopic (exact) mass is 420 g/mol. The van der Waals surface area contributed by atoms with Gasteiger partial charge in [0.25, 0.3) is 15.3 Å². The minimum absolute atomic E-state index is 0.0675. The van der Waals surface area contributed by atoms with Gasteiger partial charge in [0.05, 0.1) is 15.8 Å². The molecule has 2 aromatic rings. The molecule has 2 amide bonds. The number of benzene rings is 2. The van der Waals surface area contributed by atoms with Gasteiger partial charge < -0.3 is 0 Å². The molecule has 6 nitrogen and oxygen atoms in total. The van der Waals surface area contributed by atoms with Crippen LogP contribution in [0.1, 0.15) is 18.1 Å². The van der Waals surface area contributed by atoms with E-state index in [0.717, 1.165) is 29.5 Å². The molecule has 1 unspecified atom stereocenters. The second-order valence-corrected chi connectivity index (χ2v) is 8.88. The first kappa shape index (κ1) is 20.1. The summed E-state index contributed by atoms with van der Waals surface area (Å²) < 4.78 is 40.9. The number of allylic oxidation sites excluding steroid dienone is 1. The summed E-state index contributed by atoms with van der Waals surface area (Å²) in [4.78, 5) is 23.2. The Hall–Kier alpha value is -2.65. The van der Waals surface area contributed by atoms with Gasteiger partial charge in [0.2, 0.25) is 5.91 Å². The first-order chi connectivity index (χ1) is 13.3. The molecule has 2 N–H and O–H groups in total. The number of halogens is 1.